The molecular formula is C22H42Cl3NPTa-5. The molecule has 6 heteroatoms. The molecule has 171 valence electrons. The van der Waals surface area contributed by atoms with Crippen LogP contribution in [-0.4, -0.2) is 15.5 Å². The Bertz CT molecular complexity index is 507. The van der Waals surface area contributed by atoms with Crippen molar-refractivity contribution in [3.8, 4) is 0 Å². The first-order valence-electron chi connectivity index (χ1n) is 9.12. The molecule has 0 N–H and O–H groups in total. The van der Waals surface area contributed by atoms with E-state index in [0.29, 0.717) is 0 Å². The van der Waals surface area contributed by atoms with Gasteiger partial charge in [0.25, 0.3) is 0 Å². The van der Waals surface area contributed by atoms with Crippen LogP contribution in [0, 0.1) is 34.6 Å². The third-order valence-electron chi connectivity index (χ3n) is 5.72. The van der Waals surface area contributed by atoms with E-state index < -0.39 is 7.05 Å². The largest absolute Gasteiger partial charge is 1.00 e. The second kappa shape index (κ2) is 12.9. The zero-order valence-electron chi connectivity index (χ0n) is 20.5. The number of halogens is 3. The first-order chi connectivity index (χ1) is 10.3. The monoisotopic (exact) mass is 637 g/mol. The van der Waals surface area contributed by atoms with Gasteiger partial charge in [0.1, 0.15) is 0 Å². The molecule has 1 aromatic rings. The Morgan fingerprint density at radius 2 is 0.786 bits per heavy atom. The summed E-state index contributed by atoms with van der Waals surface area (Å²) in [5.41, 5.74) is 7.34. The van der Waals surface area contributed by atoms with Crippen molar-refractivity contribution in [1.82, 2.24) is 0 Å². The van der Waals surface area contributed by atoms with Crippen LogP contribution < -0.4 is 37.2 Å². The first-order valence-corrected chi connectivity index (χ1v) is 10.9. The average molecular weight is 639 g/mol. The van der Waals surface area contributed by atoms with Crippen molar-refractivity contribution in [2.45, 2.75) is 112 Å². The van der Waals surface area contributed by atoms with Gasteiger partial charge in [-0.15, -0.1) is 0 Å². The van der Waals surface area contributed by atoms with Crippen molar-refractivity contribution in [1.29, 1.82) is 0 Å². The molecule has 0 saturated carbocycles. The maximum atomic E-state index is 11.1. The van der Waals surface area contributed by atoms with E-state index in [4.69, 9.17) is 0 Å². The molecule has 0 atom stereocenters. The van der Waals surface area contributed by atoms with E-state index in [9.17, 15) is 5.16 Å². The summed E-state index contributed by atoms with van der Waals surface area (Å²) in [6.45, 7) is 30.5. The minimum Gasteiger partial charge on any atom is -1.00 e. The van der Waals surface area contributed by atoms with Crippen molar-refractivity contribution in [3.63, 3.8) is 0 Å². The van der Waals surface area contributed by atoms with Gasteiger partial charge >= 0.3 is 0 Å². The van der Waals surface area contributed by atoms with E-state index in [-0.39, 0.29) is 75.1 Å². The number of hydrogen-bond acceptors (Lipinski definition) is 0. The van der Waals surface area contributed by atoms with Crippen molar-refractivity contribution in [3.05, 3.63) is 33.0 Å². The Hall–Kier alpha value is 1.19. The molecule has 0 amide bonds. The Labute approximate surface area is 211 Å². The molecule has 0 unspecified atom stereocenters. The summed E-state index contributed by atoms with van der Waals surface area (Å²) in [5.74, 6) is 0. The third-order valence-corrected chi connectivity index (χ3v) is 11.5. The van der Waals surface area contributed by atoms with Crippen molar-refractivity contribution in [2.75, 3.05) is 0 Å². The van der Waals surface area contributed by atoms with Crippen LogP contribution in [0.1, 0.15) is 90.1 Å². The Kier molecular flexibility index (Phi) is 18.3. The maximum Gasteiger partial charge on any atom is 0 e. The second-order valence-electron chi connectivity index (χ2n) is 10.3. The standard InChI is InChI=1S/C12H27NP.C10H15.3ClH.Ta/c1-10(2,3)14(13,11(4,5)6)12(7,8)9;1-6-7(2)9(4)10(5)8(6)3;;;;/h1-9H3;1-5H3;3*1H;/q2*-1;;;;/p-3. The number of nitrogens with zero attached hydrogens (tertiary/aromatic N) is 1. The van der Waals surface area contributed by atoms with Gasteiger partial charge in [-0.2, -0.15) is 27.8 Å². The van der Waals surface area contributed by atoms with E-state index in [1.807, 2.05) is 0 Å². The molecule has 0 aromatic heterocycles. The molecule has 1 rings (SSSR count). The molecule has 1 aromatic carbocycles. The molecule has 0 spiro atoms. The van der Waals surface area contributed by atoms with Crippen LogP contribution in [0.4, 0.5) is 0 Å². The molecule has 1 nitrogen and oxygen atoms in total. The first kappa shape index (κ1) is 39.6. The third kappa shape index (κ3) is 8.03. The van der Waals surface area contributed by atoms with E-state index in [2.05, 4.69) is 96.9 Å². The number of hydrogen-bond donors (Lipinski definition) is 0. The normalized spacial score (nSPS) is 11.6. The van der Waals surface area contributed by atoms with Crippen molar-refractivity contribution < 1.29 is 59.6 Å². The topological polar surface area (TPSA) is 22.3 Å². The van der Waals surface area contributed by atoms with Crippen LogP contribution in [0.15, 0.2) is 0 Å². The van der Waals surface area contributed by atoms with Gasteiger partial charge in [-0.1, -0.05) is 96.9 Å². The summed E-state index contributed by atoms with van der Waals surface area (Å²) in [5, 5.41) is 11.1. The van der Waals surface area contributed by atoms with Crippen LogP contribution in [-0.2, 0) is 22.4 Å². The van der Waals surface area contributed by atoms with Crippen molar-refractivity contribution in [2.24, 2.45) is 0 Å². The summed E-state index contributed by atoms with van der Waals surface area (Å²) in [7, 11) is -2.02. The van der Waals surface area contributed by atoms with Gasteiger partial charge in [-0.05, 0) is 15.5 Å². The Morgan fingerprint density at radius 3 is 0.821 bits per heavy atom. The summed E-state index contributed by atoms with van der Waals surface area (Å²) in [6, 6.07) is 0. The van der Waals surface area contributed by atoms with Gasteiger partial charge in [0.15, 0.2) is 0 Å². The predicted octanol–water partition coefficient (Wildman–Crippen LogP) is -0.890. The van der Waals surface area contributed by atoms with E-state index in [1.54, 1.807) is 0 Å². The molecule has 0 bridgehead atoms. The summed E-state index contributed by atoms with van der Waals surface area (Å²) in [6.07, 6.45) is 0. The van der Waals surface area contributed by atoms with Crippen molar-refractivity contribution >= 4 is 7.05 Å². The van der Waals surface area contributed by atoms with Crippen LogP contribution >= 0.6 is 7.05 Å². The quantitative estimate of drug-likeness (QED) is 0.260. The average Bonchev–Trinajstić information content (AvgIpc) is 2.53. The zero-order chi connectivity index (χ0) is 19.9. The summed E-state index contributed by atoms with van der Waals surface area (Å²) in [4.78, 5) is 0. The predicted molar refractivity (Wildman–Crippen MR) is 115 cm³/mol. The fourth-order valence-electron chi connectivity index (χ4n) is 4.42. The molecule has 0 aliphatic rings. The molecule has 0 saturated heterocycles. The summed E-state index contributed by atoms with van der Waals surface area (Å²) < 4.78 is 0. The second-order valence-corrected chi connectivity index (χ2v) is 15.6. The van der Waals surface area contributed by atoms with Gasteiger partial charge in [-0.3, -0.25) is 0 Å². The SMILES string of the molecule is CC(C)(C)P(=[N-])(C(C)(C)C)C(C)(C)C.Cc1c(C)c(C)[c-](C)c1C.[Cl-].[Cl-].[Cl-].[Ta]. The van der Waals surface area contributed by atoms with Crippen LogP contribution in [0.5, 0.6) is 0 Å². The summed E-state index contributed by atoms with van der Waals surface area (Å²) >= 11 is 0. The molecule has 0 heterocycles. The maximum absolute atomic E-state index is 11.1. The van der Waals surface area contributed by atoms with Gasteiger partial charge in [-0.25, -0.2) is 7.05 Å². The molecule has 0 aliphatic carbocycles. The van der Waals surface area contributed by atoms with Crippen LogP contribution in [0.25, 0.3) is 5.16 Å². The van der Waals surface area contributed by atoms with Gasteiger partial charge in [0, 0.05) is 22.4 Å². The van der Waals surface area contributed by atoms with Crippen LogP contribution in [0.3, 0.4) is 0 Å². The smallest absolute Gasteiger partial charge is 0 e. The molecule has 0 fully saturated rings. The fraction of sp³-hybridized carbons (Fsp3) is 0.773. The van der Waals surface area contributed by atoms with E-state index in [1.165, 1.54) is 27.8 Å². The molecule has 28 heavy (non-hydrogen) atoms. The fourth-order valence-corrected chi connectivity index (χ4v) is 10.5. The molecule has 0 aliphatic heterocycles. The van der Waals surface area contributed by atoms with Gasteiger partial charge < -0.3 is 42.4 Å². The van der Waals surface area contributed by atoms with Crippen LogP contribution in [0.2, 0.25) is 0 Å². The Morgan fingerprint density at radius 1 is 0.607 bits per heavy atom. The Balaban J connectivity index is -0.000000114. The molecule has 1 radical (unpaired) electrons. The minimum atomic E-state index is -2.02. The zero-order valence-corrected chi connectivity index (χ0v) is 26.9. The van der Waals surface area contributed by atoms with Gasteiger partial charge in [0.05, 0.1) is 0 Å². The van der Waals surface area contributed by atoms with E-state index in [0.717, 1.165) is 0 Å². The van der Waals surface area contributed by atoms with E-state index >= 15 is 0 Å². The molecular weight excluding hydrogens is 597 g/mol. The van der Waals surface area contributed by atoms with Gasteiger partial charge in [0.2, 0.25) is 0 Å². The number of rotatable bonds is 0. The minimum absolute atomic E-state index is 0.